The Morgan fingerprint density at radius 2 is 1.74 bits per heavy atom. The maximum atomic E-state index is 13.7. The van der Waals surface area contributed by atoms with Crippen LogP contribution in [0.4, 0.5) is 49.7 Å². The number of aliphatic hydroxyl groups is 1. The highest BCUT2D eigenvalue weighted by molar-refractivity contribution is 5.61. The highest BCUT2D eigenvalue weighted by atomic mass is 19.4. The first kappa shape index (κ1) is 26.9. The summed E-state index contributed by atoms with van der Waals surface area (Å²) >= 11 is 0. The van der Waals surface area contributed by atoms with E-state index in [1.165, 1.54) is 18.3 Å². The van der Waals surface area contributed by atoms with Gasteiger partial charge in [0, 0.05) is 44.0 Å². The van der Waals surface area contributed by atoms with E-state index in [0.29, 0.717) is 35.8 Å². The first-order valence-electron chi connectivity index (χ1n) is 12.4. The molecule has 0 bridgehead atoms. The summed E-state index contributed by atoms with van der Waals surface area (Å²) < 4.78 is 80.0. The van der Waals surface area contributed by atoms with Crippen LogP contribution in [0.15, 0.2) is 36.7 Å². The zero-order chi connectivity index (χ0) is 27.8. The van der Waals surface area contributed by atoms with Gasteiger partial charge in [-0.2, -0.15) is 31.3 Å². The molecule has 3 aromatic rings. The number of anilines is 4. The summed E-state index contributed by atoms with van der Waals surface area (Å²) in [5.41, 5.74) is -0.500. The largest absolute Gasteiger partial charge is 0.419 e. The van der Waals surface area contributed by atoms with Crippen LogP contribution in [-0.4, -0.2) is 57.3 Å². The summed E-state index contributed by atoms with van der Waals surface area (Å²) in [4.78, 5) is 20.7. The van der Waals surface area contributed by atoms with Crippen LogP contribution in [0.25, 0.3) is 0 Å². The first-order chi connectivity index (χ1) is 18.5. The van der Waals surface area contributed by atoms with Crippen molar-refractivity contribution in [2.75, 3.05) is 41.4 Å². The number of alkyl halides is 6. The Hall–Kier alpha value is -3.68. The Morgan fingerprint density at radius 1 is 0.949 bits per heavy atom. The van der Waals surface area contributed by atoms with Crippen molar-refractivity contribution in [1.29, 1.82) is 0 Å². The number of nitrogens with one attached hydrogen (secondary N) is 1. The van der Waals surface area contributed by atoms with E-state index in [1.807, 2.05) is 4.90 Å². The molecule has 1 unspecified atom stereocenters. The van der Waals surface area contributed by atoms with E-state index in [4.69, 9.17) is 4.98 Å². The predicted octanol–water partition coefficient (Wildman–Crippen LogP) is 4.61. The molecular formula is C25H25F6N7O. The molecule has 0 radical (unpaired) electrons. The van der Waals surface area contributed by atoms with Gasteiger partial charge in [0.05, 0.1) is 29.5 Å². The number of fused-ring (bicyclic) bond motifs is 1. The molecule has 0 saturated carbocycles. The van der Waals surface area contributed by atoms with E-state index in [9.17, 15) is 31.4 Å². The van der Waals surface area contributed by atoms with Gasteiger partial charge in [-0.1, -0.05) is 0 Å². The maximum absolute atomic E-state index is 13.7. The highest BCUT2D eigenvalue weighted by Crippen LogP contribution is 2.37. The standard InChI is InChI=1S/C25H25F6N7O/c26-24(27,28)15-5-6-20(33-13-15)35-21-17-7-11-37(22-18(25(29,30)31)4-1-9-32-22)12-8-19(17)34-23(36-21)38-10-2-3-16(38)14-39/h1,4-6,9,13,16,39H,2-3,7-8,10-12,14H2,(H,33,34,35,36). The van der Waals surface area contributed by atoms with Crippen LogP contribution < -0.4 is 15.1 Å². The summed E-state index contributed by atoms with van der Waals surface area (Å²) in [6.45, 7) is 0.910. The van der Waals surface area contributed by atoms with Gasteiger partial charge in [0.15, 0.2) is 0 Å². The van der Waals surface area contributed by atoms with E-state index in [-0.39, 0.29) is 50.2 Å². The van der Waals surface area contributed by atoms with Gasteiger partial charge in [-0.3, -0.25) is 0 Å². The van der Waals surface area contributed by atoms with Crippen molar-refractivity contribution in [3.8, 4) is 0 Å². The Balaban J connectivity index is 1.50. The van der Waals surface area contributed by atoms with Gasteiger partial charge < -0.3 is 20.2 Å². The van der Waals surface area contributed by atoms with E-state index in [2.05, 4.69) is 20.3 Å². The Bertz CT molecular complexity index is 1320. The fourth-order valence-corrected chi connectivity index (χ4v) is 4.95. The van der Waals surface area contributed by atoms with Crippen LogP contribution in [0.1, 0.15) is 35.2 Å². The smallest absolute Gasteiger partial charge is 0.394 e. The Labute approximate surface area is 219 Å². The lowest BCUT2D eigenvalue weighted by molar-refractivity contribution is -0.138. The molecule has 5 heterocycles. The molecule has 0 amide bonds. The fraction of sp³-hybridized carbons (Fsp3) is 0.440. The van der Waals surface area contributed by atoms with Crippen molar-refractivity contribution in [3.05, 3.63) is 59.0 Å². The average molecular weight is 554 g/mol. The molecular weight excluding hydrogens is 528 g/mol. The molecule has 1 atom stereocenters. The second-order valence-electron chi connectivity index (χ2n) is 9.38. The van der Waals surface area contributed by atoms with Crippen molar-refractivity contribution in [1.82, 2.24) is 19.9 Å². The normalized spacial score (nSPS) is 18.2. The lowest BCUT2D eigenvalue weighted by Gasteiger charge is -2.25. The van der Waals surface area contributed by atoms with Crippen LogP contribution in [0.3, 0.4) is 0 Å². The van der Waals surface area contributed by atoms with E-state index in [1.54, 1.807) is 4.90 Å². The van der Waals surface area contributed by atoms with Crippen LogP contribution in [0, 0.1) is 0 Å². The van der Waals surface area contributed by atoms with Gasteiger partial charge in [0.1, 0.15) is 17.5 Å². The van der Waals surface area contributed by atoms with Gasteiger partial charge in [-0.15, -0.1) is 0 Å². The number of hydrogen-bond donors (Lipinski definition) is 2. The van der Waals surface area contributed by atoms with E-state index in [0.717, 1.165) is 25.0 Å². The predicted molar refractivity (Wildman–Crippen MR) is 131 cm³/mol. The van der Waals surface area contributed by atoms with Crippen molar-refractivity contribution in [2.24, 2.45) is 0 Å². The van der Waals surface area contributed by atoms with Crippen LogP contribution in [0.5, 0.6) is 0 Å². The molecule has 1 saturated heterocycles. The minimum Gasteiger partial charge on any atom is -0.394 e. The maximum Gasteiger partial charge on any atom is 0.419 e. The molecule has 3 aromatic heterocycles. The molecule has 208 valence electrons. The number of rotatable bonds is 5. The van der Waals surface area contributed by atoms with Crippen LogP contribution >= 0.6 is 0 Å². The average Bonchev–Trinajstić information content (AvgIpc) is 3.27. The quantitative estimate of drug-likeness (QED) is 0.443. The zero-order valence-electron chi connectivity index (χ0n) is 20.6. The molecule has 2 aliphatic heterocycles. The third-order valence-electron chi connectivity index (χ3n) is 6.90. The van der Waals surface area contributed by atoms with Gasteiger partial charge in [0.25, 0.3) is 0 Å². The van der Waals surface area contributed by atoms with E-state index >= 15 is 0 Å². The highest BCUT2D eigenvalue weighted by Gasteiger charge is 2.36. The van der Waals surface area contributed by atoms with E-state index < -0.39 is 23.5 Å². The lowest BCUT2D eigenvalue weighted by atomic mass is 10.1. The Kier molecular flexibility index (Phi) is 7.23. The molecule has 2 aliphatic rings. The molecule has 8 nitrogen and oxygen atoms in total. The Morgan fingerprint density at radius 3 is 2.44 bits per heavy atom. The summed E-state index contributed by atoms with van der Waals surface area (Å²) in [5.74, 6) is 0.594. The summed E-state index contributed by atoms with van der Waals surface area (Å²) in [7, 11) is 0. The molecule has 2 N–H and O–H groups in total. The number of aromatic nitrogens is 4. The topological polar surface area (TPSA) is 90.3 Å². The SMILES string of the molecule is OCC1CCCN1c1nc2c(c(Nc3ccc(C(F)(F)F)cn3)n1)CCN(c1ncccc1C(F)(F)F)CC2. The summed E-state index contributed by atoms with van der Waals surface area (Å²) in [6.07, 6.45) is -4.98. The molecule has 0 spiro atoms. The summed E-state index contributed by atoms with van der Waals surface area (Å²) in [5, 5.41) is 12.8. The van der Waals surface area contributed by atoms with Gasteiger partial charge >= 0.3 is 12.4 Å². The second kappa shape index (κ2) is 10.5. The monoisotopic (exact) mass is 553 g/mol. The molecule has 1 fully saturated rings. The number of aliphatic hydroxyl groups excluding tert-OH is 1. The minimum atomic E-state index is -4.58. The molecule has 0 aromatic carbocycles. The van der Waals surface area contributed by atoms with Crippen molar-refractivity contribution >= 4 is 23.4 Å². The third kappa shape index (κ3) is 5.70. The van der Waals surface area contributed by atoms with Crippen LogP contribution in [0.2, 0.25) is 0 Å². The fourth-order valence-electron chi connectivity index (χ4n) is 4.95. The van der Waals surface area contributed by atoms with Gasteiger partial charge in [-0.05, 0) is 43.5 Å². The van der Waals surface area contributed by atoms with Gasteiger partial charge in [0.2, 0.25) is 5.95 Å². The van der Waals surface area contributed by atoms with Crippen molar-refractivity contribution < 1.29 is 31.4 Å². The minimum absolute atomic E-state index is 0.0999. The number of hydrogen-bond acceptors (Lipinski definition) is 8. The van der Waals surface area contributed by atoms with Crippen LogP contribution in [-0.2, 0) is 25.2 Å². The molecule has 0 aliphatic carbocycles. The van der Waals surface area contributed by atoms with Crippen molar-refractivity contribution in [2.45, 2.75) is 44.1 Å². The van der Waals surface area contributed by atoms with Crippen molar-refractivity contribution in [3.63, 3.8) is 0 Å². The number of halogens is 6. The molecule has 5 rings (SSSR count). The number of nitrogens with zero attached hydrogens (tertiary/aromatic N) is 6. The molecule has 39 heavy (non-hydrogen) atoms. The zero-order valence-corrected chi connectivity index (χ0v) is 20.6. The second-order valence-corrected chi connectivity index (χ2v) is 9.38. The lowest BCUT2D eigenvalue weighted by Crippen LogP contribution is -2.34. The summed E-state index contributed by atoms with van der Waals surface area (Å²) in [6, 6.07) is 4.13. The number of pyridine rings is 2. The first-order valence-corrected chi connectivity index (χ1v) is 12.4. The van der Waals surface area contributed by atoms with Gasteiger partial charge in [-0.25, -0.2) is 15.0 Å². The molecule has 14 heteroatoms. The third-order valence-corrected chi connectivity index (χ3v) is 6.90.